The Morgan fingerprint density at radius 2 is 1.66 bits per heavy atom. The Bertz CT molecular complexity index is 2170. The molecule has 294 valence electrons. The third-order valence-corrected chi connectivity index (χ3v) is 11.3. The number of likely N-dealkylation sites (tertiary alicyclic amines) is 1. The minimum absolute atomic E-state index is 0.0298. The summed E-state index contributed by atoms with van der Waals surface area (Å²) in [7, 11) is 3.04. The lowest BCUT2D eigenvalue weighted by atomic mass is 9.90. The number of hydrogen-bond acceptors (Lipinski definition) is 8. The molecule has 10 nitrogen and oxygen atoms in total. The Hall–Kier alpha value is -5.27. The zero-order chi connectivity index (χ0) is 39.7. The number of methoxy groups -OCH3 is 2. The van der Waals surface area contributed by atoms with E-state index in [0.29, 0.717) is 48.9 Å². The maximum Gasteiger partial charge on any atom is 0.417 e. The number of amides is 1. The van der Waals surface area contributed by atoms with Crippen LogP contribution >= 0.6 is 0 Å². The Kier molecular flexibility index (Phi) is 11.2. The molecule has 2 fully saturated rings. The van der Waals surface area contributed by atoms with Crippen molar-refractivity contribution in [3.63, 3.8) is 0 Å². The number of hydrogen-bond donors (Lipinski definition) is 2. The molecule has 2 saturated heterocycles. The highest BCUT2D eigenvalue weighted by Crippen LogP contribution is 2.39. The van der Waals surface area contributed by atoms with Crippen LogP contribution in [0.4, 0.5) is 13.2 Å². The molecule has 0 saturated carbocycles. The fourth-order valence-electron chi connectivity index (χ4n) is 8.24. The second-order valence-electron chi connectivity index (χ2n) is 14.9. The fourth-order valence-corrected chi connectivity index (χ4v) is 8.24. The van der Waals surface area contributed by atoms with Crippen LogP contribution < -0.4 is 14.8 Å². The van der Waals surface area contributed by atoms with Crippen LogP contribution in [0.15, 0.2) is 48.5 Å². The Morgan fingerprint density at radius 3 is 2.34 bits per heavy atom. The first-order valence-corrected chi connectivity index (χ1v) is 18.9. The fraction of sp³-hybridized carbons (Fsp3) is 0.395. The number of alkyl halides is 3. The number of nitrogens with one attached hydrogen (secondary N) is 1. The third kappa shape index (κ3) is 8.15. The van der Waals surface area contributed by atoms with Crippen molar-refractivity contribution in [1.82, 2.24) is 25.1 Å². The molecule has 4 heterocycles. The summed E-state index contributed by atoms with van der Waals surface area (Å²) in [4.78, 5) is 37.2. The predicted molar refractivity (Wildman–Crippen MR) is 207 cm³/mol. The van der Waals surface area contributed by atoms with E-state index in [1.54, 1.807) is 13.2 Å². The lowest BCUT2D eigenvalue weighted by Gasteiger charge is -2.31. The van der Waals surface area contributed by atoms with Crippen molar-refractivity contribution in [1.29, 1.82) is 0 Å². The molecule has 7 rings (SSSR count). The first kappa shape index (κ1) is 39.0. The Balaban J connectivity index is 1.16. The van der Waals surface area contributed by atoms with Crippen molar-refractivity contribution in [3.8, 4) is 34.1 Å². The number of ether oxygens (including phenoxy) is 2. The molecule has 1 amide bonds. The van der Waals surface area contributed by atoms with Crippen LogP contribution in [0.2, 0.25) is 0 Å². The van der Waals surface area contributed by atoms with Crippen molar-refractivity contribution in [2.24, 2.45) is 5.92 Å². The zero-order valence-corrected chi connectivity index (χ0v) is 32.0. The summed E-state index contributed by atoms with van der Waals surface area (Å²) in [5.74, 6) is 0.0710. The molecular weight excluding hydrogens is 723 g/mol. The van der Waals surface area contributed by atoms with Gasteiger partial charge in [0.15, 0.2) is 5.82 Å². The van der Waals surface area contributed by atoms with Gasteiger partial charge in [-0.15, -0.1) is 0 Å². The van der Waals surface area contributed by atoms with E-state index in [0.717, 1.165) is 76.6 Å². The topological polar surface area (TPSA) is 117 Å². The van der Waals surface area contributed by atoms with E-state index in [9.17, 15) is 27.9 Å². The third-order valence-electron chi connectivity index (χ3n) is 11.3. The van der Waals surface area contributed by atoms with Crippen LogP contribution in [0.3, 0.4) is 0 Å². The van der Waals surface area contributed by atoms with Crippen LogP contribution in [0.25, 0.3) is 34.7 Å². The van der Waals surface area contributed by atoms with Gasteiger partial charge in [-0.2, -0.15) is 18.2 Å². The van der Waals surface area contributed by atoms with Crippen LogP contribution in [0.1, 0.15) is 63.9 Å². The highest BCUT2D eigenvalue weighted by molar-refractivity contribution is 5.82. The van der Waals surface area contributed by atoms with Crippen molar-refractivity contribution in [2.45, 2.75) is 64.8 Å². The summed E-state index contributed by atoms with van der Waals surface area (Å²) in [5.41, 5.74) is 6.79. The van der Waals surface area contributed by atoms with Crippen LogP contribution in [-0.4, -0.2) is 83.2 Å². The number of aliphatic carboxylic acids is 1. The van der Waals surface area contributed by atoms with Gasteiger partial charge in [0, 0.05) is 68.3 Å². The molecule has 2 N–H and O–H groups in total. The van der Waals surface area contributed by atoms with Gasteiger partial charge in [-0.3, -0.25) is 19.4 Å². The summed E-state index contributed by atoms with van der Waals surface area (Å²) < 4.78 is 54.9. The number of fused-ring (bicyclic) bond motifs is 1. The highest BCUT2D eigenvalue weighted by atomic mass is 19.4. The van der Waals surface area contributed by atoms with Gasteiger partial charge >= 0.3 is 12.1 Å². The van der Waals surface area contributed by atoms with Gasteiger partial charge in [0.2, 0.25) is 11.8 Å². The molecule has 0 unspecified atom stereocenters. The maximum atomic E-state index is 14.5. The molecule has 0 bridgehead atoms. The smallest absolute Gasteiger partial charge is 0.417 e. The molecule has 3 aliphatic heterocycles. The van der Waals surface area contributed by atoms with Gasteiger partial charge in [-0.25, -0.2) is 4.98 Å². The Labute approximate surface area is 324 Å². The average molecular weight is 770 g/mol. The first-order chi connectivity index (χ1) is 26.8. The van der Waals surface area contributed by atoms with Gasteiger partial charge in [0.25, 0.3) is 0 Å². The van der Waals surface area contributed by atoms with Crippen molar-refractivity contribution < 1.29 is 37.3 Å². The van der Waals surface area contributed by atoms with Gasteiger partial charge in [-0.1, -0.05) is 48.6 Å². The number of rotatable bonds is 11. The normalized spacial score (nSPS) is 19.0. The largest absolute Gasteiger partial charge is 0.496 e. The van der Waals surface area contributed by atoms with Gasteiger partial charge < -0.3 is 19.9 Å². The molecular formula is C43H46F3N5O5. The number of nitrogens with zero attached hydrogens (tertiary/aromatic N) is 4. The lowest BCUT2D eigenvalue weighted by Crippen LogP contribution is -2.41. The summed E-state index contributed by atoms with van der Waals surface area (Å²) in [6.45, 7) is 7.11. The first-order valence-electron chi connectivity index (χ1n) is 18.9. The van der Waals surface area contributed by atoms with Crippen molar-refractivity contribution >= 4 is 24.0 Å². The van der Waals surface area contributed by atoms with Crippen LogP contribution in [0.5, 0.6) is 11.6 Å². The summed E-state index contributed by atoms with van der Waals surface area (Å²) in [6, 6.07) is 14.4. The quantitative estimate of drug-likeness (QED) is 0.153. The standard InChI is InChI=1S/C43H46F3N5O5/c1-25-27(11-12-28-20-38(55-3)30(19-36(28)43(44,45)46)22-50-17-15-29(21-50)42(53)54)7-5-8-32(25)33-9-6-10-34(26(33)2)40-48-37-16-18-51(23-31-13-14-39(52)47-31)24-35(37)41(49-40)56-4/h5-12,19-20,29,31H,13-18,21-24H2,1-4H3,(H,47,52)(H,53,54)/b12-11+/t29-,31+/m1/s1. The molecule has 0 aliphatic carbocycles. The highest BCUT2D eigenvalue weighted by Gasteiger charge is 2.35. The van der Waals surface area contributed by atoms with E-state index in [1.807, 2.05) is 55.1 Å². The van der Waals surface area contributed by atoms with E-state index in [-0.39, 0.29) is 30.6 Å². The van der Waals surface area contributed by atoms with E-state index >= 15 is 0 Å². The maximum absolute atomic E-state index is 14.5. The molecule has 3 aromatic carbocycles. The number of carboxylic acids is 1. The monoisotopic (exact) mass is 769 g/mol. The summed E-state index contributed by atoms with van der Waals surface area (Å²) in [5, 5.41) is 12.4. The Morgan fingerprint density at radius 1 is 0.929 bits per heavy atom. The van der Waals surface area contributed by atoms with Crippen molar-refractivity contribution in [2.75, 3.05) is 40.4 Å². The van der Waals surface area contributed by atoms with E-state index in [4.69, 9.17) is 19.4 Å². The van der Waals surface area contributed by atoms with E-state index < -0.39 is 23.6 Å². The van der Waals surface area contributed by atoms with Crippen molar-refractivity contribution in [3.05, 3.63) is 93.2 Å². The molecule has 13 heteroatoms. The molecule has 0 spiro atoms. The molecule has 2 atom stereocenters. The molecule has 4 aromatic rings. The number of carbonyl (C=O) groups is 2. The molecule has 0 radical (unpaired) electrons. The number of carboxylic acid groups (broad SMARTS) is 1. The SMILES string of the molecule is COc1cc(/C=C/c2cccc(-c3cccc(-c4nc5c(c(OC)n4)CN(C[C@@H]4CCC(=O)N4)CC5)c3C)c2C)c(C(F)(F)F)cc1CN1CC[C@@H](C(=O)O)C1. The van der Waals surface area contributed by atoms with Gasteiger partial charge in [0.05, 0.1) is 31.4 Å². The minimum Gasteiger partial charge on any atom is -0.496 e. The number of benzene rings is 3. The van der Waals surface area contributed by atoms with E-state index in [1.165, 1.54) is 19.3 Å². The second kappa shape index (κ2) is 16.1. The predicted octanol–water partition coefficient (Wildman–Crippen LogP) is 7.18. The molecule has 56 heavy (non-hydrogen) atoms. The number of halogens is 3. The lowest BCUT2D eigenvalue weighted by molar-refractivity contribution is -0.141. The number of aromatic nitrogens is 2. The van der Waals surface area contributed by atoms with E-state index in [2.05, 4.69) is 10.2 Å². The zero-order valence-electron chi connectivity index (χ0n) is 32.0. The summed E-state index contributed by atoms with van der Waals surface area (Å²) >= 11 is 0. The minimum atomic E-state index is -4.63. The molecule has 3 aliphatic rings. The molecule has 1 aromatic heterocycles. The average Bonchev–Trinajstić information content (AvgIpc) is 3.82. The van der Waals surface area contributed by atoms with Crippen LogP contribution in [0, 0.1) is 19.8 Å². The second-order valence-corrected chi connectivity index (χ2v) is 14.9. The summed E-state index contributed by atoms with van der Waals surface area (Å²) in [6.07, 6.45) is 1.12. The van der Waals surface area contributed by atoms with Gasteiger partial charge in [0.1, 0.15) is 5.75 Å². The number of carbonyl (C=O) groups excluding carboxylic acids is 1. The van der Waals surface area contributed by atoms with Crippen LogP contribution in [-0.2, 0) is 35.3 Å². The van der Waals surface area contributed by atoms with Gasteiger partial charge in [-0.05, 0) is 78.7 Å².